The summed E-state index contributed by atoms with van der Waals surface area (Å²) in [5, 5.41) is 5.08. The van der Waals surface area contributed by atoms with Gasteiger partial charge in [-0.15, -0.1) is 0 Å². The number of nitrogens with one attached hydrogen (secondary N) is 2. The average molecular weight is 190 g/mol. The highest BCUT2D eigenvalue weighted by molar-refractivity contribution is 6.14. The van der Waals surface area contributed by atoms with Gasteiger partial charge in [-0.3, -0.25) is 9.79 Å². The second-order valence-electron chi connectivity index (χ2n) is 3.41. The van der Waals surface area contributed by atoms with E-state index < -0.39 is 0 Å². The number of aliphatic imine (C=N–C) groups is 1. The topological polar surface area (TPSA) is 56.7 Å². The number of rotatable bonds is 0. The normalized spacial score (nSPS) is 28.4. The summed E-state index contributed by atoms with van der Waals surface area (Å²) in [5.41, 5.74) is 3.73. The number of hydrogen-bond donors (Lipinski definition) is 2. The van der Waals surface area contributed by atoms with Crippen LogP contribution in [0.4, 0.5) is 0 Å². The summed E-state index contributed by atoms with van der Waals surface area (Å²) in [6.45, 7) is 0.705. The van der Waals surface area contributed by atoms with Gasteiger partial charge in [0.15, 0.2) is 11.9 Å². The minimum absolute atomic E-state index is 0.00727. The van der Waals surface area contributed by atoms with Crippen molar-refractivity contribution in [3.63, 3.8) is 0 Å². The molecule has 5 nitrogen and oxygen atoms in total. The molecule has 0 fully saturated rings. The molecule has 3 heterocycles. The standard InChI is InChI=1S/C9H10N4O/c14-7-1-3-10-9-6(7)5-11-8-2-4-12-13(8)9/h2,4-5,8,10,12H,1,3H2. The van der Waals surface area contributed by atoms with E-state index >= 15 is 0 Å². The fourth-order valence-corrected chi connectivity index (χ4v) is 1.84. The first-order chi connectivity index (χ1) is 6.86. The predicted octanol–water partition coefficient (Wildman–Crippen LogP) is -0.495. The van der Waals surface area contributed by atoms with Crippen LogP contribution in [0.25, 0.3) is 0 Å². The molecule has 0 aromatic carbocycles. The molecule has 0 radical (unpaired) electrons. The molecule has 5 heteroatoms. The van der Waals surface area contributed by atoms with Crippen LogP contribution in [0, 0.1) is 0 Å². The Kier molecular flexibility index (Phi) is 1.41. The highest BCUT2D eigenvalue weighted by Gasteiger charge is 2.31. The molecule has 3 aliphatic rings. The van der Waals surface area contributed by atoms with E-state index in [0.29, 0.717) is 18.5 Å². The van der Waals surface area contributed by atoms with E-state index in [1.165, 1.54) is 0 Å². The smallest absolute Gasteiger partial charge is 0.169 e. The van der Waals surface area contributed by atoms with Crippen LogP contribution in [0.5, 0.6) is 0 Å². The summed E-state index contributed by atoms with van der Waals surface area (Å²) >= 11 is 0. The lowest BCUT2D eigenvalue weighted by Crippen LogP contribution is -2.47. The molecule has 1 atom stereocenters. The van der Waals surface area contributed by atoms with E-state index in [0.717, 1.165) is 5.82 Å². The highest BCUT2D eigenvalue weighted by Crippen LogP contribution is 2.22. The molecule has 0 saturated heterocycles. The molecule has 0 bridgehead atoms. The van der Waals surface area contributed by atoms with Gasteiger partial charge in [-0.05, 0) is 6.08 Å². The van der Waals surface area contributed by atoms with Crippen molar-refractivity contribution in [2.24, 2.45) is 4.99 Å². The maximum absolute atomic E-state index is 11.6. The maximum Gasteiger partial charge on any atom is 0.169 e. The van der Waals surface area contributed by atoms with Gasteiger partial charge in [0.05, 0.1) is 5.57 Å². The molecule has 0 aromatic rings. The summed E-state index contributed by atoms with van der Waals surface area (Å²) in [5.74, 6) is 1.01. The van der Waals surface area contributed by atoms with Crippen LogP contribution in [-0.4, -0.2) is 29.7 Å². The third-order valence-electron chi connectivity index (χ3n) is 2.54. The molecular formula is C9H10N4O. The van der Waals surface area contributed by atoms with Gasteiger partial charge in [0, 0.05) is 25.4 Å². The number of hydrogen-bond acceptors (Lipinski definition) is 5. The number of Topliss-reactive ketones (excluding diaryl/α,β-unsaturated/α-hetero) is 1. The fraction of sp³-hybridized carbons (Fsp3) is 0.333. The number of allylic oxidation sites excluding steroid dienone is 1. The lowest BCUT2D eigenvalue weighted by atomic mass is 10.1. The second-order valence-corrected chi connectivity index (χ2v) is 3.41. The summed E-state index contributed by atoms with van der Waals surface area (Å²) in [4.78, 5) is 15.8. The van der Waals surface area contributed by atoms with Gasteiger partial charge in [-0.25, -0.2) is 5.01 Å². The van der Waals surface area contributed by atoms with Crippen molar-refractivity contribution < 1.29 is 4.79 Å². The summed E-state index contributed by atoms with van der Waals surface area (Å²) < 4.78 is 0. The Labute approximate surface area is 81.1 Å². The maximum atomic E-state index is 11.6. The predicted molar refractivity (Wildman–Crippen MR) is 51.0 cm³/mol. The molecular weight excluding hydrogens is 180 g/mol. The Morgan fingerprint density at radius 2 is 2.50 bits per heavy atom. The Balaban J connectivity index is 2.04. The number of carbonyl (C=O) groups is 1. The van der Waals surface area contributed by atoms with Crippen LogP contribution in [-0.2, 0) is 4.79 Å². The number of carbonyl (C=O) groups excluding carboxylic acids is 1. The molecule has 1 unspecified atom stereocenters. The number of fused-ring (bicyclic) bond motifs is 2. The lowest BCUT2D eigenvalue weighted by molar-refractivity contribution is -0.115. The van der Waals surface area contributed by atoms with Gasteiger partial charge in [0.2, 0.25) is 0 Å². The van der Waals surface area contributed by atoms with Crippen LogP contribution in [0.15, 0.2) is 28.7 Å². The molecule has 0 saturated carbocycles. The van der Waals surface area contributed by atoms with E-state index in [1.54, 1.807) is 6.21 Å². The quantitative estimate of drug-likeness (QED) is 0.541. The Bertz CT molecular complexity index is 382. The minimum Gasteiger partial charge on any atom is -0.369 e. The second kappa shape index (κ2) is 2.60. The first-order valence-corrected chi connectivity index (χ1v) is 4.63. The van der Waals surface area contributed by atoms with Crippen molar-refractivity contribution in [3.05, 3.63) is 23.7 Å². The molecule has 3 aliphatic heterocycles. The number of nitrogens with zero attached hydrogens (tertiary/aromatic N) is 2. The largest absolute Gasteiger partial charge is 0.369 e. The van der Waals surface area contributed by atoms with Crippen molar-refractivity contribution in [1.29, 1.82) is 0 Å². The number of hydrazine groups is 1. The zero-order valence-corrected chi connectivity index (χ0v) is 7.53. The van der Waals surface area contributed by atoms with E-state index in [-0.39, 0.29) is 11.9 Å². The van der Waals surface area contributed by atoms with Gasteiger partial charge in [0.1, 0.15) is 5.82 Å². The van der Waals surface area contributed by atoms with E-state index in [2.05, 4.69) is 15.7 Å². The molecule has 0 spiro atoms. The van der Waals surface area contributed by atoms with Gasteiger partial charge < -0.3 is 10.7 Å². The van der Waals surface area contributed by atoms with Gasteiger partial charge >= 0.3 is 0 Å². The van der Waals surface area contributed by atoms with Crippen LogP contribution in [0.1, 0.15) is 6.42 Å². The van der Waals surface area contributed by atoms with Crippen molar-refractivity contribution >= 4 is 12.0 Å². The third-order valence-corrected chi connectivity index (χ3v) is 2.54. The third kappa shape index (κ3) is 0.891. The van der Waals surface area contributed by atoms with Crippen molar-refractivity contribution in [1.82, 2.24) is 15.8 Å². The molecule has 2 N–H and O–H groups in total. The zero-order chi connectivity index (χ0) is 9.54. The molecule has 72 valence electrons. The van der Waals surface area contributed by atoms with Crippen LogP contribution >= 0.6 is 0 Å². The van der Waals surface area contributed by atoms with Crippen molar-refractivity contribution in [2.45, 2.75) is 12.6 Å². The molecule has 3 rings (SSSR count). The highest BCUT2D eigenvalue weighted by atomic mass is 16.1. The average Bonchev–Trinajstić information content (AvgIpc) is 2.66. The summed E-state index contributed by atoms with van der Waals surface area (Å²) in [6, 6.07) is 0. The molecule has 0 amide bonds. The Hall–Kier alpha value is -1.78. The van der Waals surface area contributed by atoms with Gasteiger partial charge in [0.25, 0.3) is 0 Å². The monoisotopic (exact) mass is 190 g/mol. The first kappa shape index (κ1) is 7.61. The summed E-state index contributed by atoms with van der Waals surface area (Å²) in [6.07, 6.45) is 5.99. The summed E-state index contributed by atoms with van der Waals surface area (Å²) in [7, 11) is 0. The Morgan fingerprint density at radius 3 is 3.43 bits per heavy atom. The van der Waals surface area contributed by atoms with E-state index in [1.807, 2.05) is 17.3 Å². The zero-order valence-electron chi connectivity index (χ0n) is 7.53. The molecule has 14 heavy (non-hydrogen) atoms. The van der Waals surface area contributed by atoms with Crippen molar-refractivity contribution in [3.8, 4) is 0 Å². The van der Waals surface area contributed by atoms with E-state index in [4.69, 9.17) is 0 Å². The van der Waals surface area contributed by atoms with Crippen molar-refractivity contribution in [2.75, 3.05) is 6.54 Å². The van der Waals surface area contributed by atoms with Gasteiger partial charge in [-0.2, -0.15) is 0 Å². The van der Waals surface area contributed by atoms with E-state index in [9.17, 15) is 4.79 Å². The Morgan fingerprint density at radius 1 is 1.57 bits per heavy atom. The fourth-order valence-electron chi connectivity index (χ4n) is 1.84. The lowest BCUT2D eigenvalue weighted by Gasteiger charge is -2.33. The number of ketones is 1. The van der Waals surface area contributed by atoms with Gasteiger partial charge in [-0.1, -0.05) is 0 Å². The molecule has 0 aromatic heterocycles. The molecule has 0 aliphatic carbocycles. The van der Waals surface area contributed by atoms with Crippen LogP contribution < -0.4 is 10.7 Å². The minimum atomic E-state index is -0.00727. The van der Waals surface area contributed by atoms with Crippen LogP contribution in [0.3, 0.4) is 0 Å². The first-order valence-electron chi connectivity index (χ1n) is 4.63. The van der Waals surface area contributed by atoms with Crippen LogP contribution in [0.2, 0.25) is 0 Å². The SMILES string of the molecule is O=C1CCNC2=C1C=NC1C=CNN21.